The Hall–Kier alpha value is -2.46. The Bertz CT molecular complexity index is 906. The van der Waals surface area contributed by atoms with E-state index in [1.165, 1.54) is 0 Å². The van der Waals surface area contributed by atoms with Gasteiger partial charge in [-0.2, -0.15) is 0 Å². The number of piperazine rings is 1. The zero-order valence-electron chi connectivity index (χ0n) is 14.1. The predicted octanol–water partition coefficient (Wildman–Crippen LogP) is 4.17. The van der Waals surface area contributed by atoms with E-state index in [1.807, 2.05) is 53.4 Å². The van der Waals surface area contributed by atoms with E-state index in [1.54, 1.807) is 0 Å². The number of rotatable bonds is 2. The molecule has 1 aromatic heterocycles. The van der Waals surface area contributed by atoms with Crippen molar-refractivity contribution in [2.75, 3.05) is 24.5 Å². The fourth-order valence-electron chi connectivity index (χ4n) is 3.58. The summed E-state index contributed by atoms with van der Waals surface area (Å²) in [6, 6.07) is 17.7. The maximum absolute atomic E-state index is 12.7. The van der Waals surface area contributed by atoms with Gasteiger partial charge in [0.1, 0.15) is 11.0 Å². The standard InChI is InChI=1S/C20H20ClN3O/c1-14-13-23(19-17-10-6-5-9-16(17)18(21)22-19)11-12-24(14)20(25)15-7-3-2-4-8-15/h2-10,14,22H,11-13H2,1H3/t14-/m0/s1. The molecular weight excluding hydrogens is 334 g/mol. The molecule has 0 bridgehead atoms. The normalized spacial score (nSPS) is 17.9. The van der Waals surface area contributed by atoms with Gasteiger partial charge in [0.2, 0.25) is 0 Å². The fraction of sp³-hybridized carbons (Fsp3) is 0.250. The molecule has 0 unspecified atom stereocenters. The monoisotopic (exact) mass is 353 g/mol. The van der Waals surface area contributed by atoms with Crippen molar-refractivity contribution in [3.8, 4) is 0 Å². The topological polar surface area (TPSA) is 39.3 Å². The Kier molecular flexibility index (Phi) is 4.14. The number of H-pyrrole nitrogens is 1. The third kappa shape index (κ3) is 2.87. The second-order valence-corrected chi connectivity index (χ2v) is 6.87. The van der Waals surface area contributed by atoms with Crippen molar-refractivity contribution >= 4 is 34.1 Å². The Morgan fingerprint density at radius 3 is 2.44 bits per heavy atom. The quantitative estimate of drug-likeness (QED) is 0.751. The number of hydrogen-bond donors (Lipinski definition) is 1. The van der Waals surface area contributed by atoms with E-state index in [2.05, 4.69) is 22.9 Å². The zero-order chi connectivity index (χ0) is 17.4. The van der Waals surface area contributed by atoms with Crippen molar-refractivity contribution in [3.63, 3.8) is 0 Å². The van der Waals surface area contributed by atoms with Gasteiger partial charge in [0.15, 0.2) is 0 Å². The van der Waals surface area contributed by atoms with Gasteiger partial charge in [0, 0.05) is 42.0 Å². The molecule has 25 heavy (non-hydrogen) atoms. The Labute approximate surface area is 152 Å². The first-order valence-corrected chi connectivity index (χ1v) is 8.90. The number of carbonyl (C=O) groups excluding carboxylic acids is 1. The van der Waals surface area contributed by atoms with Crippen LogP contribution in [0.25, 0.3) is 10.8 Å². The maximum Gasteiger partial charge on any atom is 0.254 e. The summed E-state index contributed by atoms with van der Waals surface area (Å²) in [6.07, 6.45) is 0. The number of halogens is 1. The molecule has 2 aromatic carbocycles. The first kappa shape index (κ1) is 16.0. The SMILES string of the molecule is C[C@H]1CN(c2[nH]c(Cl)c3ccccc23)CCN1C(=O)c1ccccc1. The summed E-state index contributed by atoms with van der Waals surface area (Å²) < 4.78 is 0. The molecule has 4 nitrogen and oxygen atoms in total. The molecule has 1 N–H and O–H groups in total. The first-order valence-electron chi connectivity index (χ1n) is 8.52. The smallest absolute Gasteiger partial charge is 0.254 e. The van der Waals surface area contributed by atoms with Gasteiger partial charge in [-0.1, -0.05) is 54.1 Å². The molecule has 2 heterocycles. The molecule has 1 amide bonds. The number of amides is 1. The molecule has 0 spiro atoms. The molecule has 1 fully saturated rings. The van der Waals surface area contributed by atoms with Gasteiger partial charge in [-0.05, 0) is 19.1 Å². The van der Waals surface area contributed by atoms with Gasteiger partial charge in [-0.15, -0.1) is 0 Å². The lowest BCUT2D eigenvalue weighted by Crippen LogP contribution is -2.54. The highest BCUT2D eigenvalue weighted by Crippen LogP contribution is 2.33. The molecule has 1 aliphatic rings. The van der Waals surface area contributed by atoms with Crippen LogP contribution in [0, 0.1) is 0 Å². The lowest BCUT2D eigenvalue weighted by Gasteiger charge is -2.40. The van der Waals surface area contributed by atoms with Crippen LogP contribution in [-0.4, -0.2) is 41.5 Å². The van der Waals surface area contributed by atoms with Crippen LogP contribution in [0.1, 0.15) is 17.3 Å². The third-order valence-corrected chi connectivity index (χ3v) is 5.17. The predicted molar refractivity (Wildman–Crippen MR) is 102 cm³/mol. The summed E-state index contributed by atoms with van der Waals surface area (Å²) in [4.78, 5) is 20.3. The number of aromatic nitrogens is 1. The number of aromatic amines is 1. The zero-order valence-corrected chi connectivity index (χ0v) is 14.8. The number of fused-ring (bicyclic) bond motifs is 1. The molecule has 0 aliphatic carbocycles. The summed E-state index contributed by atoms with van der Waals surface area (Å²) in [7, 11) is 0. The van der Waals surface area contributed by atoms with Crippen LogP contribution >= 0.6 is 11.6 Å². The van der Waals surface area contributed by atoms with Crippen LogP contribution in [0.15, 0.2) is 54.6 Å². The van der Waals surface area contributed by atoms with Crippen LogP contribution in [0.3, 0.4) is 0 Å². The highest BCUT2D eigenvalue weighted by molar-refractivity contribution is 6.35. The molecule has 0 radical (unpaired) electrons. The van der Waals surface area contributed by atoms with Gasteiger partial charge in [0.05, 0.1) is 0 Å². The molecule has 128 valence electrons. The van der Waals surface area contributed by atoms with E-state index < -0.39 is 0 Å². The van der Waals surface area contributed by atoms with Gasteiger partial charge < -0.3 is 14.8 Å². The van der Waals surface area contributed by atoms with Crippen molar-refractivity contribution < 1.29 is 4.79 Å². The minimum Gasteiger partial charge on any atom is -0.354 e. The lowest BCUT2D eigenvalue weighted by molar-refractivity contribution is 0.0674. The van der Waals surface area contributed by atoms with Gasteiger partial charge in [-0.25, -0.2) is 0 Å². The van der Waals surface area contributed by atoms with E-state index in [0.717, 1.165) is 35.2 Å². The molecule has 3 aromatic rings. The maximum atomic E-state index is 12.7. The average molecular weight is 354 g/mol. The Morgan fingerprint density at radius 1 is 1.04 bits per heavy atom. The highest BCUT2D eigenvalue weighted by Gasteiger charge is 2.29. The molecule has 1 aliphatic heterocycles. The summed E-state index contributed by atoms with van der Waals surface area (Å²) in [5.74, 6) is 1.14. The minimum absolute atomic E-state index is 0.0992. The second-order valence-electron chi connectivity index (χ2n) is 6.49. The number of benzene rings is 2. The Morgan fingerprint density at radius 2 is 1.72 bits per heavy atom. The number of anilines is 1. The van der Waals surface area contributed by atoms with Crippen LogP contribution < -0.4 is 4.90 Å². The minimum atomic E-state index is 0.0992. The van der Waals surface area contributed by atoms with E-state index in [-0.39, 0.29) is 11.9 Å². The van der Waals surface area contributed by atoms with Crippen LogP contribution in [0.4, 0.5) is 5.82 Å². The number of nitrogens with zero attached hydrogens (tertiary/aromatic N) is 2. The number of hydrogen-bond acceptors (Lipinski definition) is 2. The van der Waals surface area contributed by atoms with E-state index in [9.17, 15) is 4.79 Å². The Balaban J connectivity index is 1.56. The van der Waals surface area contributed by atoms with Gasteiger partial charge in [-0.3, -0.25) is 4.79 Å². The molecule has 1 atom stereocenters. The van der Waals surface area contributed by atoms with E-state index in [4.69, 9.17) is 11.6 Å². The average Bonchev–Trinajstić information content (AvgIpc) is 2.99. The van der Waals surface area contributed by atoms with Crippen molar-refractivity contribution in [2.45, 2.75) is 13.0 Å². The second kappa shape index (κ2) is 6.45. The van der Waals surface area contributed by atoms with Gasteiger partial charge in [0.25, 0.3) is 5.91 Å². The number of nitrogens with one attached hydrogen (secondary N) is 1. The van der Waals surface area contributed by atoms with Crippen molar-refractivity contribution in [1.29, 1.82) is 0 Å². The van der Waals surface area contributed by atoms with Gasteiger partial charge >= 0.3 is 0 Å². The molecule has 1 saturated heterocycles. The molecule has 4 rings (SSSR count). The third-order valence-electron chi connectivity index (χ3n) is 4.87. The highest BCUT2D eigenvalue weighted by atomic mass is 35.5. The summed E-state index contributed by atoms with van der Waals surface area (Å²) >= 11 is 6.35. The molecule has 5 heteroatoms. The first-order chi connectivity index (χ1) is 12.1. The fourth-order valence-corrected chi connectivity index (χ4v) is 3.83. The van der Waals surface area contributed by atoms with Crippen LogP contribution in [0.2, 0.25) is 5.15 Å². The van der Waals surface area contributed by atoms with Crippen molar-refractivity contribution in [1.82, 2.24) is 9.88 Å². The van der Waals surface area contributed by atoms with Crippen molar-refractivity contribution in [2.24, 2.45) is 0 Å². The van der Waals surface area contributed by atoms with Crippen LogP contribution in [-0.2, 0) is 0 Å². The molecular formula is C20H20ClN3O. The summed E-state index contributed by atoms with van der Waals surface area (Å²) in [6.45, 7) is 4.35. The summed E-state index contributed by atoms with van der Waals surface area (Å²) in [5, 5.41) is 2.83. The lowest BCUT2D eigenvalue weighted by atomic mass is 10.1. The van der Waals surface area contributed by atoms with E-state index in [0.29, 0.717) is 11.7 Å². The van der Waals surface area contributed by atoms with Crippen molar-refractivity contribution in [3.05, 3.63) is 65.3 Å². The molecule has 0 saturated carbocycles. The summed E-state index contributed by atoms with van der Waals surface area (Å²) in [5.41, 5.74) is 0.746. The largest absolute Gasteiger partial charge is 0.354 e. The van der Waals surface area contributed by atoms with E-state index >= 15 is 0 Å². The number of carbonyl (C=O) groups is 1. The van der Waals surface area contributed by atoms with Crippen LogP contribution in [0.5, 0.6) is 0 Å².